The summed E-state index contributed by atoms with van der Waals surface area (Å²) in [6.45, 7) is 1.23. The first kappa shape index (κ1) is 11.5. The van der Waals surface area contributed by atoms with E-state index in [1.807, 2.05) is 18.2 Å². The van der Waals surface area contributed by atoms with Crippen LogP contribution < -0.4 is 0 Å². The summed E-state index contributed by atoms with van der Waals surface area (Å²) in [6.07, 6.45) is 6.15. The average Bonchev–Trinajstić information content (AvgIpc) is 2.30. The van der Waals surface area contributed by atoms with Crippen LogP contribution >= 0.6 is 0 Å². The molecule has 2 rings (SSSR count). The SMILES string of the molecule is CN1CCCCC1CCc1ccccc1O. The number of hydrogen-bond donors (Lipinski definition) is 1. The lowest BCUT2D eigenvalue weighted by molar-refractivity contribution is 0.176. The number of aryl methyl sites for hydroxylation is 1. The first-order chi connectivity index (χ1) is 7.77. The lowest BCUT2D eigenvalue weighted by Gasteiger charge is -2.32. The minimum absolute atomic E-state index is 0.445. The summed E-state index contributed by atoms with van der Waals surface area (Å²) in [5, 5.41) is 9.69. The van der Waals surface area contributed by atoms with Crippen molar-refractivity contribution in [2.24, 2.45) is 0 Å². The second kappa shape index (κ2) is 5.35. The molecule has 0 aromatic heterocycles. The van der Waals surface area contributed by atoms with Gasteiger partial charge in [-0.1, -0.05) is 24.6 Å². The number of rotatable bonds is 3. The number of aromatic hydroxyl groups is 1. The molecule has 1 aliphatic heterocycles. The van der Waals surface area contributed by atoms with Gasteiger partial charge in [-0.3, -0.25) is 0 Å². The lowest BCUT2D eigenvalue weighted by atomic mass is 9.96. The number of piperidine rings is 1. The summed E-state index contributed by atoms with van der Waals surface area (Å²) < 4.78 is 0. The molecule has 0 bridgehead atoms. The second-order valence-corrected chi connectivity index (χ2v) is 4.80. The van der Waals surface area contributed by atoms with Crippen LogP contribution in [-0.4, -0.2) is 29.6 Å². The van der Waals surface area contributed by atoms with Crippen molar-refractivity contribution in [1.29, 1.82) is 0 Å². The van der Waals surface area contributed by atoms with E-state index in [-0.39, 0.29) is 0 Å². The number of para-hydroxylation sites is 1. The zero-order valence-electron chi connectivity index (χ0n) is 10.0. The number of likely N-dealkylation sites (tertiary alicyclic amines) is 1. The fourth-order valence-corrected chi connectivity index (χ4v) is 2.55. The maximum absolute atomic E-state index is 9.69. The molecule has 0 spiro atoms. The molecule has 1 atom stereocenters. The van der Waals surface area contributed by atoms with Crippen molar-refractivity contribution >= 4 is 0 Å². The monoisotopic (exact) mass is 219 g/mol. The second-order valence-electron chi connectivity index (χ2n) is 4.80. The van der Waals surface area contributed by atoms with Crippen molar-refractivity contribution in [3.63, 3.8) is 0 Å². The van der Waals surface area contributed by atoms with Crippen LogP contribution in [0.25, 0.3) is 0 Å². The normalized spacial score (nSPS) is 22.2. The van der Waals surface area contributed by atoms with Gasteiger partial charge in [0.25, 0.3) is 0 Å². The quantitative estimate of drug-likeness (QED) is 0.845. The van der Waals surface area contributed by atoms with Gasteiger partial charge >= 0.3 is 0 Å². The number of phenols is 1. The van der Waals surface area contributed by atoms with E-state index < -0.39 is 0 Å². The molecule has 16 heavy (non-hydrogen) atoms. The van der Waals surface area contributed by atoms with Gasteiger partial charge in [0.1, 0.15) is 5.75 Å². The highest BCUT2D eigenvalue weighted by molar-refractivity contribution is 5.31. The van der Waals surface area contributed by atoms with E-state index in [1.54, 1.807) is 6.07 Å². The minimum atomic E-state index is 0.445. The summed E-state index contributed by atoms with van der Waals surface area (Å²) in [5.74, 6) is 0.445. The largest absolute Gasteiger partial charge is 0.508 e. The molecule has 1 saturated heterocycles. The molecule has 1 fully saturated rings. The van der Waals surface area contributed by atoms with E-state index in [0.29, 0.717) is 11.8 Å². The van der Waals surface area contributed by atoms with E-state index in [9.17, 15) is 5.11 Å². The Morgan fingerprint density at radius 1 is 1.31 bits per heavy atom. The predicted molar refractivity (Wildman–Crippen MR) is 66.7 cm³/mol. The van der Waals surface area contributed by atoms with Crippen LogP contribution in [0.1, 0.15) is 31.2 Å². The number of phenolic OH excluding ortho intramolecular Hbond substituents is 1. The van der Waals surface area contributed by atoms with Crippen LogP contribution in [0.2, 0.25) is 0 Å². The Bertz CT molecular complexity index is 337. The lowest BCUT2D eigenvalue weighted by Crippen LogP contribution is -2.36. The van der Waals surface area contributed by atoms with Gasteiger partial charge in [0, 0.05) is 6.04 Å². The first-order valence-corrected chi connectivity index (χ1v) is 6.24. The van der Waals surface area contributed by atoms with Gasteiger partial charge in [0.2, 0.25) is 0 Å². The Morgan fingerprint density at radius 2 is 2.12 bits per heavy atom. The molecule has 0 saturated carbocycles. The molecular formula is C14H21NO. The molecular weight excluding hydrogens is 198 g/mol. The Kier molecular flexibility index (Phi) is 3.83. The molecule has 1 aromatic carbocycles. The van der Waals surface area contributed by atoms with Crippen LogP contribution in [0.3, 0.4) is 0 Å². The molecule has 0 amide bonds. The van der Waals surface area contributed by atoms with Gasteiger partial charge in [-0.2, -0.15) is 0 Å². The van der Waals surface area contributed by atoms with Crippen LogP contribution in [0.15, 0.2) is 24.3 Å². The number of hydrogen-bond acceptors (Lipinski definition) is 2. The summed E-state index contributed by atoms with van der Waals surface area (Å²) >= 11 is 0. The molecule has 2 heteroatoms. The standard InChI is InChI=1S/C14H21NO/c1-15-11-5-4-7-13(15)10-9-12-6-2-3-8-14(12)16/h2-3,6,8,13,16H,4-5,7,9-11H2,1H3. The van der Waals surface area contributed by atoms with Crippen LogP contribution in [0.5, 0.6) is 5.75 Å². The molecule has 0 aliphatic carbocycles. The Balaban J connectivity index is 1.89. The molecule has 1 aromatic rings. The topological polar surface area (TPSA) is 23.5 Å². The first-order valence-electron chi connectivity index (χ1n) is 6.24. The van der Waals surface area contributed by atoms with Crippen molar-refractivity contribution in [3.05, 3.63) is 29.8 Å². The Morgan fingerprint density at radius 3 is 2.88 bits per heavy atom. The van der Waals surface area contributed by atoms with Gasteiger partial charge in [-0.25, -0.2) is 0 Å². The third kappa shape index (κ3) is 2.76. The van der Waals surface area contributed by atoms with Gasteiger partial charge in [-0.05, 0) is 50.9 Å². The van der Waals surface area contributed by atoms with Crippen molar-refractivity contribution < 1.29 is 5.11 Å². The van der Waals surface area contributed by atoms with E-state index in [0.717, 1.165) is 18.4 Å². The highest BCUT2D eigenvalue weighted by Crippen LogP contribution is 2.23. The van der Waals surface area contributed by atoms with Crippen LogP contribution in [-0.2, 0) is 6.42 Å². The maximum atomic E-state index is 9.69. The summed E-state index contributed by atoms with van der Waals surface area (Å²) in [7, 11) is 2.22. The molecule has 2 nitrogen and oxygen atoms in total. The minimum Gasteiger partial charge on any atom is -0.508 e. The van der Waals surface area contributed by atoms with E-state index >= 15 is 0 Å². The molecule has 1 N–H and O–H groups in total. The van der Waals surface area contributed by atoms with Crippen molar-refractivity contribution in [3.8, 4) is 5.75 Å². The smallest absolute Gasteiger partial charge is 0.118 e. The van der Waals surface area contributed by atoms with Crippen LogP contribution in [0, 0.1) is 0 Å². The molecule has 1 heterocycles. The zero-order valence-corrected chi connectivity index (χ0v) is 10.0. The van der Waals surface area contributed by atoms with Crippen molar-refractivity contribution in [2.75, 3.05) is 13.6 Å². The van der Waals surface area contributed by atoms with E-state index in [4.69, 9.17) is 0 Å². The average molecular weight is 219 g/mol. The summed E-state index contributed by atoms with van der Waals surface area (Å²) in [5.41, 5.74) is 1.08. The van der Waals surface area contributed by atoms with E-state index in [2.05, 4.69) is 11.9 Å². The molecule has 1 unspecified atom stereocenters. The van der Waals surface area contributed by atoms with E-state index in [1.165, 1.54) is 25.8 Å². The maximum Gasteiger partial charge on any atom is 0.118 e. The fourth-order valence-electron chi connectivity index (χ4n) is 2.55. The molecule has 1 aliphatic rings. The Labute approximate surface area is 97.9 Å². The summed E-state index contributed by atoms with van der Waals surface area (Å²) in [6, 6.07) is 8.39. The fraction of sp³-hybridized carbons (Fsp3) is 0.571. The third-order valence-electron chi connectivity index (χ3n) is 3.66. The molecule has 0 radical (unpaired) electrons. The highest BCUT2D eigenvalue weighted by atomic mass is 16.3. The van der Waals surface area contributed by atoms with Crippen LogP contribution in [0.4, 0.5) is 0 Å². The van der Waals surface area contributed by atoms with Gasteiger partial charge in [0.05, 0.1) is 0 Å². The number of benzene rings is 1. The van der Waals surface area contributed by atoms with Crippen molar-refractivity contribution in [2.45, 2.75) is 38.1 Å². The van der Waals surface area contributed by atoms with Crippen molar-refractivity contribution in [1.82, 2.24) is 4.90 Å². The van der Waals surface area contributed by atoms with Gasteiger partial charge < -0.3 is 10.0 Å². The Hall–Kier alpha value is -1.02. The predicted octanol–water partition coefficient (Wildman–Crippen LogP) is 2.81. The number of nitrogens with zero attached hydrogens (tertiary/aromatic N) is 1. The molecule has 88 valence electrons. The van der Waals surface area contributed by atoms with Gasteiger partial charge in [-0.15, -0.1) is 0 Å². The zero-order chi connectivity index (χ0) is 11.4. The summed E-state index contributed by atoms with van der Waals surface area (Å²) in [4.78, 5) is 2.46. The highest BCUT2D eigenvalue weighted by Gasteiger charge is 2.18. The third-order valence-corrected chi connectivity index (χ3v) is 3.66. The van der Waals surface area contributed by atoms with Gasteiger partial charge in [0.15, 0.2) is 0 Å².